The van der Waals surface area contributed by atoms with Crippen LogP contribution in [0.15, 0.2) is 24.3 Å². The number of fused-ring (bicyclic) bond motifs is 1. The monoisotopic (exact) mass is 399 g/mol. The first-order chi connectivity index (χ1) is 13.7. The van der Waals surface area contributed by atoms with Crippen molar-refractivity contribution in [1.29, 1.82) is 0 Å². The Bertz CT molecular complexity index is 793. The highest BCUT2D eigenvalue weighted by atomic mass is 32.1. The predicted octanol–water partition coefficient (Wildman–Crippen LogP) is 4.58. The standard InChI is InChI=1S/C22H29N3O2S/c26-20(23-16-8-3-1-2-4-9-16)13-14-21(27)25-15-7-11-18(25)22-24-17-10-5-6-12-19(17)28-22/h5-6,10,12,16,18H,1-4,7-9,11,13-15H2,(H,23,26)/t18-/m1/s1. The van der Waals surface area contributed by atoms with Crippen LogP contribution >= 0.6 is 11.3 Å². The highest BCUT2D eigenvalue weighted by Gasteiger charge is 2.32. The molecular weight excluding hydrogens is 370 g/mol. The van der Waals surface area contributed by atoms with Crippen LogP contribution in [0.2, 0.25) is 0 Å². The molecule has 1 aliphatic carbocycles. The van der Waals surface area contributed by atoms with Crippen molar-refractivity contribution in [2.45, 2.75) is 76.3 Å². The van der Waals surface area contributed by atoms with Crippen LogP contribution in [0.1, 0.15) is 75.3 Å². The minimum absolute atomic E-state index is 0.0241. The van der Waals surface area contributed by atoms with Gasteiger partial charge in [0.1, 0.15) is 5.01 Å². The number of carbonyl (C=O) groups is 2. The number of rotatable bonds is 5. The number of hydrogen-bond acceptors (Lipinski definition) is 4. The van der Waals surface area contributed by atoms with E-state index in [0.717, 1.165) is 42.8 Å². The normalized spacial score (nSPS) is 21.0. The summed E-state index contributed by atoms with van der Waals surface area (Å²) in [6.07, 6.45) is 9.62. The lowest BCUT2D eigenvalue weighted by Crippen LogP contribution is -2.36. The average Bonchev–Trinajstić information content (AvgIpc) is 3.28. The van der Waals surface area contributed by atoms with Gasteiger partial charge in [0.25, 0.3) is 0 Å². The van der Waals surface area contributed by atoms with Crippen molar-refractivity contribution in [1.82, 2.24) is 15.2 Å². The van der Waals surface area contributed by atoms with Gasteiger partial charge in [0, 0.05) is 25.4 Å². The molecule has 1 N–H and O–H groups in total. The molecule has 5 nitrogen and oxygen atoms in total. The molecule has 2 amide bonds. The van der Waals surface area contributed by atoms with Gasteiger partial charge < -0.3 is 10.2 Å². The Balaban J connectivity index is 1.32. The minimum Gasteiger partial charge on any atom is -0.353 e. The van der Waals surface area contributed by atoms with Crippen LogP contribution in [0.4, 0.5) is 0 Å². The summed E-state index contributed by atoms with van der Waals surface area (Å²) in [5.41, 5.74) is 1.00. The predicted molar refractivity (Wildman–Crippen MR) is 112 cm³/mol. The van der Waals surface area contributed by atoms with Crippen LogP contribution in [0, 0.1) is 0 Å². The smallest absolute Gasteiger partial charge is 0.223 e. The Morgan fingerprint density at radius 2 is 1.82 bits per heavy atom. The van der Waals surface area contributed by atoms with E-state index in [0.29, 0.717) is 18.9 Å². The van der Waals surface area contributed by atoms with E-state index in [9.17, 15) is 9.59 Å². The summed E-state index contributed by atoms with van der Waals surface area (Å²) in [5, 5.41) is 4.17. The lowest BCUT2D eigenvalue weighted by atomic mass is 10.1. The molecule has 0 bridgehead atoms. The lowest BCUT2D eigenvalue weighted by Gasteiger charge is -2.23. The molecule has 28 heavy (non-hydrogen) atoms. The number of aromatic nitrogens is 1. The molecule has 0 spiro atoms. The van der Waals surface area contributed by atoms with Gasteiger partial charge >= 0.3 is 0 Å². The maximum Gasteiger partial charge on any atom is 0.223 e. The minimum atomic E-state index is 0.0241. The average molecular weight is 400 g/mol. The number of benzene rings is 1. The molecule has 1 saturated carbocycles. The van der Waals surface area contributed by atoms with Gasteiger partial charge in [-0.05, 0) is 37.8 Å². The summed E-state index contributed by atoms with van der Waals surface area (Å²) in [5.74, 6) is 0.105. The van der Waals surface area contributed by atoms with Gasteiger partial charge in [0.15, 0.2) is 0 Å². The van der Waals surface area contributed by atoms with Gasteiger partial charge in [-0.2, -0.15) is 0 Å². The van der Waals surface area contributed by atoms with Gasteiger partial charge in [-0.15, -0.1) is 11.3 Å². The number of para-hydroxylation sites is 1. The molecule has 2 aromatic rings. The van der Waals surface area contributed by atoms with E-state index in [-0.39, 0.29) is 17.9 Å². The third-order valence-electron chi connectivity index (χ3n) is 5.95. The second-order valence-corrected chi connectivity index (χ2v) is 9.08. The Hall–Kier alpha value is -1.95. The molecule has 150 valence electrons. The zero-order valence-electron chi connectivity index (χ0n) is 16.4. The SMILES string of the molecule is O=C(CCC(=O)N1CCC[C@@H]1c1nc2ccccc2s1)NC1CCCCCC1. The van der Waals surface area contributed by atoms with Crippen LogP contribution in [-0.4, -0.2) is 34.3 Å². The first kappa shape index (κ1) is 19.4. The molecule has 1 aromatic heterocycles. The fraction of sp³-hybridized carbons (Fsp3) is 0.591. The van der Waals surface area contributed by atoms with Crippen LogP contribution < -0.4 is 5.32 Å². The van der Waals surface area contributed by atoms with Crippen LogP contribution in [0.3, 0.4) is 0 Å². The van der Waals surface area contributed by atoms with E-state index >= 15 is 0 Å². The van der Waals surface area contributed by atoms with E-state index in [4.69, 9.17) is 4.98 Å². The molecule has 0 radical (unpaired) electrons. The molecule has 4 rings (SSSR count). The lowest BCUT2D eigenvalue weighted by molar-refractivity contribution is -0.134. The van der Waals surface area contributed by atoms with Crippen molar-refractivity contribution in [3.05, 3.63) is 29.3 Å². The fourth-order valence-corrected chi connectivity index (χ4v) is 5.56. The van der Waals surface area contributed by atoms with Gasteiger partial charge in [0.2, 0.25) is 11.8 Å². The molecular formula is C22H29N3O2S. The molecule has 1 aliphatic heterocycles. The fourth-order valence-electron chi connectivity index (χ4n) is 4.44. The molecule has 2 aliphatic rings. The third kappa shape index (κ3) is 4.54. The van der Waals surface area contributed by atoms with Crippen molar-refractivity contribution >= 4 is 33.4 Å². The number of nitrogens with one attached hydrogen (secondary N) is 1. The third-order valence-corrected chi connectivity index (χ3v) is 7.09. The van der Waals surface area contributed by atoms with Gasteiger partial charge in [-0.3, -0.25) is 9.59 Å². The quantitative estimate of drug-likeness (QED) is 0.749. The zero-order valence-corrected chi connectivity index (χ0v) is 17.2. The van der Waals surface area contributed by atoms with Crippen molar-refractivity contribution in [2.75, 3.05) is 6.54 Å². The maximum atomic E-state index is 12.8. The van der Waals surface area contributed by atoms with Gasteiger partial charge in [0.05, 0.1) is 16.3 Å². The summed E-state index contributed by atoms with van der Waals surface area (Å²) >= 11 is 1.68. The largest absolute Gasteiger partial charge is 0.353 e. The first-order valence-corrected chi connectivity index (χ1v) is 11.5. The molecule has 1 aromatic carbocycles. The molecule has 1 atom stereocenters. The number of hydrogen-bond donors (Lipinski definition) is 1. The van der Waals surface area contributed by atoms with E-state index in [1.54, 1.807) is 11.3 Å². The Morgan fingerprint density at radius 3 is 2.61 bits per heavy atom. The van der Waals surface area contributed by atoms with Gasteiger partial charge in [-0.1, -0.05) is 37.8 Å². The Labute approximate surface area is 170 Å². The Kier molecular flexibility index (Phi) is 6.25. The van der Waals surface area contributed by atoms with Gasteiger partial charge in [-0.25, -0.2) is 4.98 Å². The number of amides is 2. The van der Waals surface area contributed by atoms with Crippen molar-refractivity contribution in [3.63, 3.8) is 0 Å². The van der Waals surface area contributed by atoms with Crippen molar-refractivity contribution in [3.8, 4) is 0 Å². The van der Waals surface area contributed by atoms with Crippen LogP contribution in [0.5, 0.6) is 0 Å². The summed E-state index contributed by atoms with van der Waals surface area (Å²) in [6, 6.07) is 8.48. The molecule has 2 heterocycles. The highest BCUT2D eigenvalue weighted by Crippen LogP contribution is 2.36. The molecule has 6 heteroatoms. The summed E-state index contributed by atoms with van der Waals surface area (Å²) in [4.78, 5) is 31.8. The number of carbonyl (C=O) groups excluding carboxylic acids is 2. The first-order valence-electron chi connectivity index (χ1n) is 10.6. The molecule has 2 fully saturated rings. The molecule has 1 saturated heterocycles. The highest BCUT2D eigenvalue weighted by molar-refractivity contribution is 7.18. The van der Waals surface area contributed by atoms with E-state index < -0.39 is 0 Å². The zero-order chi connectivity index (χ0) is 19.3. The van der Waals surface area contributed by atoms with E-state index in [2.05, 4.69) is 11.4 Å². The van der Waals surface area contributed by atoms with Crippen LogP contribution in [0.25, 0.3) is 10.2 Å². The topological polar surface area (TPSA) is 62.3 Å². The van der Waals surface area contributed by atoms with E-state index in [1.807, 2.05) is 23.1 Å². The maximum absolute atomic E-state index is 12.8. The Morgan fingerprint density at radius 1 is 1.04 bits per heavy atom. The van der Waals surface area contributed by atoms with E-state index in [1.165, 1.54) is 30.4 Å². The summed E-state index contributed by atoms with van der Waals surface area (Å²) in [6.45, 7) is 0.768. The summed E-state index contributed by atoms with van der Waals surface area (Å²) in [7, 11) is 0. The number of likely N-dealkylation sites (tertiary alicyclic amines) is 1. The van der Waals surface area contributed by atoms with Crippen molar-refractivity contribution in [2.24, 2.45) is 0 Å². The number of nitrogens with zero attached hydrogens (tertiary/aromatic N) is 2. The molecule has 0 unspecified atom stereocenters. The summed E-state index contributed by atoms with van der Waals surface area (Å²) < 4.78 is 1.17. The van der Waals surface area contributed by atoms with Crippen LogP contribution in [-0.2, 0) is 9.59 Å². The second kappa shape index (κ2) is 9.03. The van der Waals surface area contributed by atoms with Crippen molar-refractivity contribution < 1.29 is 9.59 Å². The number of thiazole rings is 1. The second-order valence-electron chi connectivity index (χ2n) is 8.02.